The van der Waals surface area contributed by atoms with Crippen LogP contribution in [0.25, 0.3) is 0 Å². The molecule has 0 aliphatic rings. The molecule has 2 aromatic carbocycles. The van der Waals surface area contributed by atoms with Gasteiger partial charge in [-0.05, 0) is 42.3 Å². The highest BCUT2D eigenvalue weighted by atomic mass is 19.2. The van der Waals surface area contributed by atoms with Crippen molar-refractivity contribution in [3.63, 3.8) is 0 Å². The van der Waals surface area contributed by atoms with Crippen molar-refractivity contribution < 1.29 is 22.7 Å². The molecule has 2 atom stereocenters. The summed E-state index contributed by atoms with van der Waals surface area (Å²) in [5, 5.41) is 12.4. The van der Waals surface area contributed by atoms with Crippen LogP contribution >= 0.6 is 0 Å². The van der Waals surface area contributed by atoms with Crippen LogP contribution in [0.2, 0.25) is 0 Å². The number of aliphatic hydroxyl groups is 1. The standard InChI is InChI=1S/C16H15F4NO/c1-9(10-2-4-12(17)5-3-10)21-15(8-22)11-6-13(18)16(20)14(19)7-11/h2-7,9,15,21-22H,8H2,1H3. The first-order valence-corrected chi connectivity index (χ1v) is 6.69. The van der Waals surface area contributed by atoms with Crippen LogP contribution in [0.15, 0.2) is 36.4 Å². The van der Waals surface area contributed by atoms with Gasteiger partial charge in [-0.1, -0.05) is 12.1 Å². The Balaban J connectivity index is 2.20. The van der Waals surface area contributed by atoms with E-state index in [1.165, 1.54) is 12.1 Å². The number of halogens is 4. The van der Waals surface area contributed by atoms with E-state index in [2.05, 4.69) is 5.32 Å². The number of benzene rings is 2. The van der Waals surface area contributed by atoms with Crippen LogP contribution in [0.4, 0.5) is 17.6 Å². The van der Waals surface area contributed by atoms with E-state index in [-0.39, 0.29) is 17.4 Å². The average molecular weight is 313 g/mol. The summed E-state index contributed by atoms with van der Waals surface area (Å²) in [6.07, 6.45) is 0. The second kappa shape index (κ2) is 6.89. The number of aliphatic hydroxyl groups excluding tert-OH is 1. The summed E-state index contributed by atoms with van der Waals surface area (Å²) in [4.78, 5) is 0. The number of nitrogens with one attached hydrogen (secondary N) is 1. The Morgan fingerprint density at radius 1 is 0.955 bits per heavy atom. The van der Waals surface area contributed by atoms with E-state index in [4.69, 9.17) is 0 Å². The quantitative estimate of drug-likeness (QED) is 0.653. The first kappa shape index (κ1) is 16.5. The molecule has 118 valence electrons. The molecule has 2 rings (SSSR count). The van der Waals surface area contributed by atoms with Gasteiger partial charge in [0.15, 0.2) is 17.5 Å². The molecule has 6 heteroatoms. The van der Waals surface area contributed by atoms with Gasteiger partial charge < -0.3 is 10.4 Å². The zero-order valence-electron chi connectivity index (χ0n) is 11.8. The predicted octanol–water partition coefficient (Wildman–Crippen LogP) is 3.63. The Hall–Kier alpha value is -1.92. The molecule has 2 aromatic rings. The van der Waals surface area contributed by atoms with Gasteiger partial charge in [0, 0.05) is 6.04 Å². The second-order valence-corrected chi connectivity index (χ2v) is 4.97. The van der Waals surface area contributed by atoms with Gasteiger partial charge in [0.1, 0.15) is 5.82 Å². The lowest BCUT2D eigenvalue weighted by molar-refractivity contribution is 0.234. The molecule has 0 aliphatic carbocycles. The zero-order valence-corrected chi connectivity index (χ0v) is 11.8. The summed E-state index contributed by atoms with van der Waals surface area (Å²) in [7, 11) is 0. The number of rotatable bonds is 5. The third kappa shape index (κ3) is 3.64. The summed E-state index contributed by atoms with van der Waals surface area (Å²) >= 11 is 0. The summed E-state index contributed by atoms with van der Waals surface area (Å²) < 4.78 is 52.4. The molecule has 22 heavy (non-hydrogen) atoms. The maximum Gasteiger partial charge on any atom is 0.194 e. The normalized spacial score (nSPS) is 13.9. The largest absolute Gasteiger partial charge is 0.394 e. The molecule has 0 heterocycles. The summed E-state index contributed by atoms with van der Waals surface area (Å²) in [5.74, 6) is -4.56. The summed E-state index contributed by atoms with van der Waals surface area (Å²) in [6.45, 7) is 1.32. The van der Waals surface area contributed by atoms with Crippen molar-refractivity contribution in [2.45, 2.75) is 19.0 Å². The smallest absolute Gasteiger partial charge is 0.194 e. The fraction of sp³-hybridized carbons (Fsp3) is 0.250. The Morgan fingerprint density at radius 3 is 2.00 bits per heavy atom. The van der Waals surface area contributed by atoms with Crippen molar-refractivity contribution in [1.29, 1.82) is 0 Å². The minimum atomic E-state index is -1.55. The lowest BCUT2D eigenvalue weighted by atomic mass is 10.0. The number of hydrogen-bond donors (Lipinski definition) is 2. The number of hydrogen-bond acceptors (Lipinski definition) is 2. The van der Waals surface area contributed by atoms with E-state index in [1.54, 1.807) is 19.1 Å². The van der Waals surface area contributed by atoms with Gasteiger partial charge in [0.05, 0.1) is 12.6 Å². The topological polar surface area (TPSA) is 32.3 Å². The molecule has 2 nitrogen and oxygen atoms in total. The van der Waals surface area contributed by atoms with Gasteiger partial charge in [-0.2, -0.15) is 0 Å². The van der Waals surface area contributed by atoms with Crippen molar-refractivity contribution in [1.82, 2.24) is 5.32 Å². The van der Waals surface area contributed by atoms with E-state index in [0.717, 1.165) is 17.7 Å². The highest BCUT2D eigenvalue weighted by Crippen LogP contribution is 2.23. The summed E-state index contributed by atoms with van der Waals surface area (Å²) in [5.41, 5.74) is 0.829. The molecule has 0 saturated carbocycles. The van der Waals surface area contributed by atoms with Gasteiger partial charge in [0.2, 0.25) is 0 Å². The Bertz CT molecular complexity index is 622. The van der Waals surface area contributed by atoms with Crippen LogP contribution in [0, 0.1) is 23.3 Å². The lowest BCUT2D eigenvalue weighted by Gasteiger charge is -2.22. The average Bonchev–Trinajstić information content (AvgIpc) is 2.50. The van der Waals surface area contributed by atoms with E-state index in [1.807, 2.05) is 0 Å². The van der Waals surface area contributed by atoms with E-state index < -0.39 is 30.1 Å². The van der Waals surface area contributed by atoms with Crippen molar-refractivity contribution in [2.24, 2.45) is 0 Å². The lowest BCUT2D eigenvalue weighted by Crippen LogP contribution is -2.27. The molecule has 0 aliphatic heterocycles. The minimum Gasteiger partial charge on any atom is -0.394 e. The highest BCUT2D eigenvalue weighted by Gasteiger charge is 2.19. The zero-order chi connectivity index (χ0) is 16.3. The molecule has 0 bridgehead atoms. The SMILES string of the molecule is CC(NC(CO)c1cc(F)c(F)c(F)c1)c1ccc(F)cc1. The second-order valence-electron chi connectivity index (χ2n) is 4.97. The van der Waals surface area contributed by atoms with Gasteiger partial charge in [-0.3, -0.25) is 0 Å². The van der Waals surface area contributed by atoms with Crippen LogP contribution in [0.1, 0.15) is 30.1 Å². The predicted molar refractivity (Wildman–Crippen MR) is 74.1 cm³/mol. The Morgan fingerprint density at radius 2 is 1.50 bits per heavy atom. The van der Waals surface area contributed by atoms with E-state index >= 15 is 0 Å². The molecule has 0 radical (unpaired) electrons. The molecular formula is C16H15F4NO. The van der Waals surface area contributed by atoms with Gasteiger partial charge in [-0.25, -0.2) is 17.6 Å². The molecule has 0 amide bonds. The first-order chi connectivity index (χ1) is 10.4. The van der Waals surface area contributed by atoms with E-state index in [9.17, 15) is 22.7 Å². The Labute approximate surface area is 125 Å². The van der Waals surface area contributed by atoms with Gasteiger partial charge >= 0.3 is 0 Å². The molecular weight excluding hydrogens is 298 g/mol. The van der Waals surface area contributed by atoms with E-state index in [0.29, 0.717) is 0 Å². The first-order valence-electron chi connectivity index (χ1n) is 6.69. The minimum absolute atomic E-state index is 0.0906. The van der Waals surface area contributed by atoms with Crippen LogP contribution in [0.3, 0.4) is 0 Å². The fourth-order valence-corrected chi connectivity index (χ4v) is 2.18. The van der Waals surface area contributed by atoms with Crippen molar-refractivity contribution >= 4 is 0 Å². The molecule has 0 aromatic heterocycles. The van der Waals surface area contributed by atoms with Crippen LogP contribution < -0.4 is 5.32 Å². The van der Waals surface area contributed by atoms with Crippen molar-refractivity contribution in [2.75, 3.05) is 6.61 Å². The van der Waals surface area contributed by atoms with Gasteiger partial charge in [-0.15, -0.1) is 0 Å². The summed E-state index contributed by atoms with van der Waals surface area (Å²) in [6, 6.07) is 6.28. The molecule has 0 spiro atoms. The van der Waals surface area contributed by atoms with Crippen LogP contribution in [-0.2, 0) is 0 Å². The Kier molecular flexibility index (Phi) is 5.15. The molecule has 2 unspecified atom stereocenters. The molecule has 0 fully saturated rings. The maximum absolute atomic E-state index is 13.3. The third-order valence-corrected chi connectivity index (χ3v) is 3.41. The van der Waals surface area contributed by atoms with Crippen molar-refractivity contribution in [3.05, 3.63) is 70.8 Å². The monoisotopic (exact) mass is 313 g/mol. The highest BCUT2D eigenvalue weighted by molar-refractivity contribution is 5.24. The van der Waals surface area contributed by atoms with Crippen molar-refractivity contribution in [3.8, 4) is 0 Å². The maximum atomic E-state index is 13.3. The van der Waals surface area contributed by atoms with Gasteiger partial charge in [0.25, 0.3) is 0 Å². The molecule has 2 N–H and O–H groups in total. The molecule has 0 saturated heterocycles. The van der Waals surface area contributed by atoms with Crippen LogP contribution in [0.5, 0.6) is 0 Å². The van der Waals surface area contributed by atoms with Crippen LogP contribution in [-0.4, -0.2) is 11.7 Å². The third-order valence-electron chi connectivity index (χ3n) is 3.41. The fourth-order valence-electron chi connectivity index (χ4n) is 2.18.